The normalized spacial score (nSPS) is 18.5. The number of anilines is 1. The first-order chi connectivity index (χ1) is 15.0. The Kier molecular flexibility index (Phi) is 6.08. The molecule has 3 aromatic rings. The van der Waals surface area contributed by atoms with Crippen LogP contribution < -0.4 is 10.6 Å². The molecular formula is C23H24N4O4. The summed E-state index contributed by atoms with van der Waals surface area (Å²) >= 11 is 0. The Hall–Kier alpha value is -3.52. The highest BCUT2D eigenvalue weighted by atomic mass is 16.6. The lowest BCUT2D eigenvalue weighted by atomic mass is 9.92. The molecule has 0 atom stereocenters. The predicted molar refractivity (Wildman–Crippen MR) is 118 cm³/mol. The summed E-state index contributed by atoms with van der Waals surface area (Å²) in [5.41, 5.74) is 2.18. The number of benzene rings is 2. The highest BCUT2D eigenvalue weighted by molar-refractivity contribution is 6.00. The molecule has 0 radical (unpaired) electrons. The third kappa shape index (κ3) is 4.97. The van der Waals surface area contributed by atoms with Crippen molar-refractivity contribution < 1.29 is 14.8 Å². The van der Waals surface area contributed by atoms with Crippen LogP contribution in [0.5, 0.6) is 0 Å². The molecule has 31 heavy (non-hydrogen) atoms. The maximum atomic E-state index is 12.9. The predicted octanol–water partition coefficient (Wildman–Crippen LogP) is 3.79. The van der Waals surface area contributed by atoms with Gasteiger partial charge in [-0.1, -0.05) is 24.3 Å². The van der Waals surface area contributed by atoms with Crippen LogP contribution in [0, 0.1) is 10.1 Å². The molecule has 0 bridgehead atoms. The number of pyridine rings is 1. The maximum absolute atomic E-state index is 12.9. The van der Waals surface area contributed by atoms with Crippen molar-refractivity contribution >= 4 is 28.2 Å². The van der Waals surface area contributed by atoms with Gasteiger partial charge in [-0.05, 0) is 43.9 Å². The third-order valence-electron chi connectivity index (χ3n) is 5.60. The van der Waals surface area contributed by atoms with Crippen molar-refractivity contribution in [3.05, 3.63) is 76.0 Å². The zero-order valence-electron chi connectivity index (χ0n) is 17.0. The fourth-order valence-corrected chi connectivity index (χ4v) is 3.87. The number of aliphatic hydroxyl groups is 1. The zero-order chi connectivity index (χ0) is 21.8. The Morgan fingerprint density at radius 3 is 2.65 bits per heavy atom. The number of hydrogen-bond acceptors (Lipinski definition) is 6. The SMILES string of the molecule is O=C(NCc1ccc2ccccc2n1)c1cc([N+](=O)[O-])ccc1NC1CCC(O)CC1. The Morgan fingerprint density at radius 1 is 1.10 bits per heavy atom. The second-order valence-electron chi connectivity index (χ2n) is 7.81. The fourth-order valence-electron chi connectivity index (χ4n) is 3.87. The lowest BCUT2D eigenvalue weighted by molar-refractivity contribution is -0.384. The van der Waals surface area contributed by atoms with Crippen molar-refractivity contribution in [2.24, 2.45) is 0 Å². The number of non-ortho nitro benzene ring substituents is 1. The van der Waals surface area contributed by atoms with Crippen LogP contribution in [0.3, 0.4) is 0 Å². The monoisotopic (exact) mass is 420 g/mol. The highest BCUT2D eigenvalue weighted by Gasteiger charge is 2.22. The van der Waals surface area contributed by atoms with Crippen LogP contribution in [0.4, 0.5) is 11.4 Å². The minimum absolute atomic E-state index is 0.110. The highest BCUT2D eigenvalue weighted by Crippen LogP contribution is 2.27. The molecule has 1 fully saturated rings. The molecule has 1 heterocycles. The molecule has 0 spiro atoms. The van der Waals surface area contributed by atoms with Gasteiger partial charge in [0.2, 0.25) is 0 Å². The second kappa shape index (κ2) is 9.09. The number of hydrogen-bond donors (Lipinski definition) is 3. The number of fused-ring (bicyclic) bond motifs is 1. The topological polar surface area (TPSA) is 117 Å². The summed E-state index contributed by atoms with van der Waals surface area (Å²) in [6.07, 6.45) is 2.66. The van der Waals surface area contributed by atoms with E-state index in [1.54, 1.807) is 6.07 Å². The number of nitro benzene ring substituents is 1. The first kappa shape index (κ1) is 20.7. The second-order valence-corrected chi connectivity index (χ2v) is 7.81. The number of para-hydroxylation sites is 1. The summed E-state index contributed by atoms with van der Waals surface area (Å²) in [7, 11) is 0. The number of nitrogens with one attached hydrogen (secondary N) is 2. The van der Waals surface area contributed by atoms with Gasteiger partial charge in [-0.2, -0.15) is 0 Å². The largest absolute Gasteiger partial charge is 0.393 e. The van der Waals surface area contributed by atoms with Gasteiger partial charge < -0.3 is 15.7 Å². The zero-order valence-corrected chi connectivity index (χ0v) is 17.0. The Bertz CT molecular complexity index is 1110. The van der Waals surface area contributed by atoms with Crippen LogP contribution in [-0.2, 0) is 6.54 Å². The van der Waals surface area contributed by atoms with Gasteiger partial charge in [-0.3, -0.25) is 19.9 Å². The van der Waals surface area contributed by atoms with Gasteiger partial charge in [0, 0.05) is 29.2 Å². The quantitative estimate of drug-likeness (QED) is 0.413. The molecule has 1 aliphatic rings. The number of aliphatic hydroxyl groups excluding tert-OH is 1. The van der Waals surface area contributed by atoms with Crippen molar-refractivity contribution in [2.45, 2.75) is 44.4 Å². The molecular weight excluding hydrogens is 396 g/mol. The fraction of sp³-hybridized carbons (Fsp3) is 0.304. The number of nitrogens with zero attached hydrogens (tertiary/aromatic N) is 2. The molecule has 0 unspecified atom stereocenters. The molecule has 0 saturated heterocycles. The van der Waals surface area contributed by atoms with Gasteiger partial charge in [-0.25, -0.2) is 0 Å². The summed E-state index contributed by atoms with van der Waals surface area (Å²) in [6, 6.07) is 15.9. The summed E-state index contributed by atoms with van der Waals surface area (Å²) in [6.45, 7) is 0.210. The third-order valence-corrected chi connectivity index (χ3v) is 5.60. The van der Waals surface area contributed by atoms with E-state index in [4.69, 9.17) is 0 Å². The number of rotatable bonds is 6. The van der Waals surface area contributed by atoms with Crippen LogP contribution in [0.2, 0.25) is 0 Å². The molecule has 0 aliphatic heterocycles. The first-order valence-corrected chi connectivity index (χ1v) is 10.4. The van der Waals surface area contributed by atoms with Crippen molar-refractivity contribution in [1.29, 1.82) is 0 Å². The summed E-state index contributed by atoms with van der Waals surface area (Å²) in [5, 5.41) is 28.1. The van der Waals surface area contributed by atoms with Gasteiger partial charge in [0.05, 0.1) is 34.3 Å². The van der Waals surface area contributed by atoms with E-state index >= 15 is 0 Å². The van der Waals surface area contributed by atoms with Gasteiger partial charge in [0.25, 0.3) is 11.6 Å². The Labute approximate surface area is 179 Å². The lowest BCUT2D eigenvalue weighted by Crippen LogP contribution is -2.30. The van der Waals surface area contributed by atoms with E-state index in [0.29, 0.717) is 24.2 Å². The summed E-state index contributed by atoms with van der Waals surface area (Å²) in [4.78, 5) is 28.2. The van der Waals surface area contributed by atoms with E-state index in [2.05, 4.69) is 15.6 Å². The molecule has 4 rings (SSSR count). The number of amides is 1. The average Bonchev–Trinajstić information content (AvgIpc) is 2.79. The summed E-state index contributed by atoms with van der Waals surface area (Å²) < 4.78 is 0. The Balaban J connectivity index is 1.51. The van der Waals surface area contributed by atoms with Crippen LogP contribution in [0.1, 0.15) is 41.7 Å². The van der Waals surface area contributed by atoms with E-state index in [9.17, 15) is 20.0 Å². The Morgan fingerprint density at radius 2 is 1.87 bits per heavy atom. The van der Waals surface area contributed by atoms with Crippen LogP contribution in [0.15, 0.2) is 54.6 Å². The average molecular weight is 420 g/mol. The minimum atomic E-state index is -0.511. The molecule has 1 aromatic heterocycles. The van der Waals surface area contributed by atoms with Gasteiger partial charge in [0.15, 0.2) is 0 Å². The molecule has 1 saturated carbocycles. The standard InChI is InChI=1S/C23H24N4O4/c28-19-10-7-16(8-11-19)25-22-12-9-18(27(30)31)13-20(22)23(29)24-14-17-6-5-15-3-1-2-4-21(15)26-17/h1-6,9,12-13,16,19,25,28H,7-8,10-11,14H2,(H,24,29). The van der Waals surface area contributed by atoms with Crippen molar-refractivity contribution in [1.82, 2.24) is 10.3 Å². The van der Waals surface area contributed by atoms with Gasteiger partial charge in [0.1, 0.15) is 0 Å². The molecule has 2 aromatic carbocycles. The number of carbonyl (C=O) groups excluding carboxylic acids is 1. The number of carbonyl (C=O) groups is 1. The summed E-state index contributed by atoms with van der Waals surface area (Å²) in [5.74, 6) is -0.406. The molecule has 8 nitrogen and oxygen atoms in total. The molecule has 1 amide bonds. The van der Waals surface area contributed by atoms with E-state index in [-0.39, 0.29) is 29.9 Å². The smallest absolute Gasteiger partial charge is 0.270 e. The van der Waals surface area contributed by atoms with E-state index in [0.717, 1.165) is 23.7 Å². The van der Waals surface area contributed by atoms with Gasteiger partial charge in [-0.15, -0.1) is 0 Å². The lowest BCUT2D eigenvalue weighted by Gasteiger charge is -2.27. The maximum Gasteiger partial charge on any atom is 0.270 e. The van der Waals surface area contributed by atoms with E-state index in [1.807, 2.05) is 36.4 Å². The minimum Gasteiger partial charge on any atom is -0.393 e. The number of nitro groups is 1. The molecule has 1 aliphatic carbocycles. The van der Waals surface area contributed by atoms with Crippen LogP contribution in [0.25, 0.3) is 10.9 Å². The number of aromatic nitrogens is 1. The van der Waals surface area contributed by atoms with Crippen molar-refractivity contribution in [2.75, 3.05) is 5.32 Å². The van der Waals surface area contributed by atoms with E-state index < -0.39 is 10.8 Å². The van der Waals surface area contributed by atoms with Crippen LogP contribution in [-0.4, -0.2) is 33.1 Å². The molecule has 8 heteroatoms. The van der Waals surface area contributed by atoms with Crippen molar-refractivity contribution in [3.63, 3.8) is 0 Å². The first-order valence-electron chi connectivity index (χ1n) is 10.4. The van der Waals surface area contributed by atoms with Gasteiger partial charge >= 0.3 is 0 Å². The van der Waals surface area contributed by atoms with Crippen molar-refractivity contribution in [3.8, 4) is 0 Å². The van der Waals surface area contributed by atoms with Crippen LogP contribution >= 0.6 is 0 Å². The molecule has 160 valence electrons. The molecule has 3 N–H and O–H groups in total. The van der Waals surface area contributed by atoms with E-state index in [1.165, 1.54) is 12.1 Å².